The van der Waals surface area contributed by atoms with Crippen molar-refractivity contribution in [2.75, 3.05) is 0 Å². The zero-order valence-corrected chi connectivity index (χ0v) is 12.1. The topological polar surface area (TPSA) is 20.2 Å². The molecule has 1 nitrogen and oxygen atoms in total. The molecule has 0 aliphatic carbocycles. The Labute approximate surface area is 119 Å². The Hall–Kier alpha value is -1.31. The molecule has 0 spiro atoms. The van der Waals surface area contributed by atoms with E-state index in [2.05, 4.69) is 6.92 Å². The second kappa shape index (κ2) is 6.23. The Kier molecular flexibility index (Phi) is 4.62. The second-order valence-electron chi connectivity index (χ2n) is 5.17. The van der Waals surface area contributed by atoms with Gasteiger partial charge in [-0.1, -0.05) is 60.5 Å². The molecule has 0 fully saturated rings. The van der Waals surface area contributed by atoms with E-state index in [0.717, 1.165) is 17.0 Å². The number of hydrogen-bond acceptors (Lipinski definition) is 1. The standard InChI is InChI=1S/C17H19ClO/c1-12-4-3-5-15(10-12)17(19)13(2)11-14-6-8-16(18)9-7-14/h3-10,13,17,19H,11H2,1-2H3. The Morgan fingerprint density at radius 1 is 1.11 bits per heavy atom. The fraction of sp³-hybridized carbons (Fsp3) is 0.294. The van der Waals surface area contributed by atoms with Crippen LogP contribution in [-0.2, 0) is 6.42 Å². The molecule has 2 heteroatoms. The molecule has 0 radical (unpaired) electrons. The van der Waals surface area contributed by atoms with E-state index in [0.29, 0.717) is 0 Å². The van der Waals surface area contributed by atoms with Crippen LogP contribution in [0.25, 0.3) is 0 Å². The smallest absolute Gasteiger partial charge is 0.0818 e. The average molecular weight is 275 g/mol. The molecule has 0 bridgehead atoms. The predicted molar refractivity (Wildman–Crippen MR) is 80.5 cm³/mol. The van der Waals surface area contributed by atoms with E-state index in [1.807, 2.05) is 55.5 Å². The summed E-state index contributed by atoms with van der Waals surface area (Å²) in [5.74, 6) is 0.169. The molecule has 0 aliphatic rings. The lowest BCUT2D eigenvalue weighted by Gasteiger charge is -2.19. The summed E-state index contributed by atoms with van der Waals surface area (Å²) >= 11 is 5.87. The fourth-order valence-corrected chi connectivity index (χ4v) is 2.41. The van der Waals surface area contributed by atoms with E-state index < -0.39 is 6.10 Å². The van der Waals surface area contributed by atoms with Crippen molar-refractivity contribution in [2.45, 2.75) is 26.4 Å². The summed E-state index contributed by atoms with van der Waals surface area (Å²) < 4.78 is 0. The Morgan fingerprint density at radius 2 is 1.79 bits per heavy atom. The molecular weight excluding hydrogens is 256 g/mol. The van der Waals surface area contributed by atoms with Gasteiger partial charge in [0, 0.05) is 5.02 Å². The van der Waals surface area contributed by atoms with Gasteiger partial charge >= 0.3 is 0 Å². The Morgan fingerprint density at radius 3 is 2.42 bits per heavy atom. The van der Waals surface area contributed by atoms with E-state index in [1.54, 1.807) is 0 Å². The molecule has 0 aliphatic heterocycles. The molecule has 2 unspecified atom stereocenters. The van der Waals surface area contributed by atoms with Crippen molar-refractivity contribution in [3.05, 3.63) is 70.2 Å². The number of aryl methyl sites for hydroxylation is 1. The van der Waals surface area contributed by atoms with Crippen LogP contribution in [0, 0.1) is 12.8 Å². The molecule has 0 saturated carbocycles. The van der Waals surface area contributed by atoms with Gasteiger partial charge < -0.3 is 5.11 Å². The SMILES string of the molecule is Cc1cccc(C(O)C(C)Cc2ccc(Cl)cc2)c1. The number of hydrogen-bond donors (Lipinski definition) is 1. The molecule has 0 amide bonds. The molecule has 19 heavy (non-hydrogen) atoms. The zero-order chi connectivity index (χ0) is 13.8. The van der Waals surface area contributed by atoms with Crippen LogP contribution < -0.4 is 0 Å². The first-order valence-electron chi connectivity index (χ1n) is 6.55. The fourth-order valence-electron chi connectivity index (χ4n) is 2.29. The number of halogens is 1. The summed E-state index contributed by atoms with van der Waals surface area (Å²) in [5.41, 5.74) is 3.36. The average Bonchev–Trinajstić information content (AvgIpc) is 2.40. The van der Waals surface area contributed by atoms with E-state index in [4.69, 9.17) is 11.6 Å². The lowest BCUT2D eigenvalue weighted by atomic mass is 9.91. The van der Waals surface area contributed by atoms with Gasteiger partial charge in [0.15, 0.2) is 0 Å². The molecule has 1 N–H and O–H groups in total. The second-order valence-corrected chi connectivity index (χ2v) is 5.60. The zero-order valence-electron chi connectivity index (χ0n) is 11.3. The van der Waals surface area contributed by atoms with Crippen LogP contribution in [0.3, 0.4) is 0 Å². The van der Waals surface area contributed by atoms with Crippen LogP contribution in [0.2, 0.25) is 5.02 Å². The third-order valence-electron chi connectivity index (χ3n) is 3.39. The Balaban J connectivity index is 2.07. The third kappa shape index (κ3) is 3.82. The number of rotatable bonds is 4. The molecule has 2 atom stereocenters. The maximum absolute atomic E-state index is 10.4. The molecule has 0 aromatic heterocycles. The number of benzene rings is 2. The van der Waals surface area contributed by atoms with E-state index in [1.165, 1.54) is 11.1 Å². The van der Waals surface area contributed by atoms with Crippen LogP contribution in [0.4, 0.5) is 0 Å². The van der Waals surface area contributed by atoms with Gasteiger partial charge in [-0.2, -0.15) is 0 Å². The molecule has 0 heterocycles. The molecule has 2 aromatic rings. The summed E-state index contributed by atoms with van der Waals surface area (Å²) in [7, 11) is 0. The first-order chi connectivity index (χ1) is 9.06. The number of aliphatic hydroxyl groups is 1. The molecule has 100 valence electrons. The van der Waals surface area contributed by atoms with Crippen LogP contribution in [0.1, 0.15) is 29.7 Å². The van der Waals surface area contributed by atoms with Crippen molar-refractivity contribution in [1.82, 2.24) is 0 Å². The summed E-state index contributed by atoms with van der Waals surface area (Å²) in [6.07, 6.45) is 0.405. The van der Waals surface area contributed by atoms with Gasteiger partial charge in [-0.3, -0.25) is 0 Å². The first kappa shape index (κ1) is 14.1. The maximum atomic E-state index is 10.4. The largest absolute Gasteiger partial charge is 0.388 e. The van der Waals surface area contributed by atoms with Crippen molar-refractivity contribution < 1.29 is 5.11 Å². The van der Waals surface area contributed by atoms with Crippen LogP contribution in [0.5, 0.6) is 0 Å². The minimum absolute atomic E-state index is 0.169. The molecule has 2 aromatic carbocycles. The predicted octanol–water partition coefficient (Wildman–Crippen LogP) is 4.56. The molecular formula is C17H19ClO. The highest BCUT2D eigenvalue weighted by atomic mass is 35.5. The van der Waals surface area contributed by atoms with Gasteiger partial charge in [-0.25, -0.2) is 0 Å². The minimum Gasteiger partial charge on any atom is -0.388 e. The minimum atomic E-state index is -0.435. The highest BCUT2D eigenvalue weighted by Gasteiger charge is 2.16. The van der Waals surface area contributed by atoms with Crippen LogP contribution in [-0.4, -0.2) is 5.11 Å². The van der Waals surface area contributed by atoms with Crippen molar-refractivity contribution in [1.29, 1.82) is 0 Å². The van der Waals surface area contributed by atoms with E-state index in [-0.39, 0.29) is 5.92 Å². The van der Waals surface area contributed by atoms with Gasteiger partial charge in [-0.15, -0.1) is 0 Å². The molecule has 0 saturated heterocycles. The van der Waals surface area contributed by atoms with Gasteiger partial charge in [0.25, 0.3) is 0 Å². The van der Waals surface area contributed by atoms with Crippen molar-refractivity contribution >= 4 is 11.6 Å². The lowest BCUT2D eigenvalue weighted by Crippen LogP contribution is -2.12. The Bertz CT molecular complexity index is 533. The van der Waals surface area contributed by atoms with Gasteiger partial charge in [-0.05, 0) is 42.5 Å². The van der Waals surface area contributed by atoms with Gasteiger partial charge in [0.05, 0.1) is 6.10 Å². The van der Waals surface area contributed by atoms with E-state index in [9.17, 15) is 5.11 Å². The third-order valence-corrected chi connectivity index (χ3v) is 3.65. The normalized spacial score (nSPS) is 14.1. The number of aliphatic hydroxyl groups excluding tert-OH is 1. The first-order valence-corrected chi connectivity index (χ1v) is 6.93. The highest BCUT2D eigenvalue weighted by molar-refractivity contribution is 6.30. The quantitative estimate of drug-likeness (QED) is 0.866. The van der Waals surface area contributed by atoms with Crippen molar-refractivity contribution in [2.24, 2.45) is 5.92 Å². The van der Waals surface area contributed by atoms with Crippen LogP contribution in [0.15, 0.2) is 48.5 Å². The highest BCUT2D eigenvalue weighted by Crippen LogP contribution is 2.26. The van der Waals surface area contributed by atoms with Gasteiger partial charge in [0.1, 0.15) is 0 Å². The summed E-state index contributed by atoms with van der Waals surface area (Å²) in [6, 6.07) is 15.9. The monoisotopic (exact) mass is 274 g/mol. The summed E-state index contributed by atoms with van der Waals surface area (Å²) in [4.78, 5) is 0. The van der Waals surface area contributed by atoms with E-state index >= 15 is 0 Å². The maximum Gasteiger partial charge on any atom is 0.0818 e. The lowest BCUT2D eigenvalue weighted by molar-refractivity contribution is 0.117. The van der Waals surface area contributed by atoms with Crippen molar-refractivity contribution in [3.8, 4) is 0 Å². The van der Waals surface area contributed by atoms with Crippen molar-refractivity contribution in [3.63, 3.8) is 0 Å². The molecule has 2 rings (SSSR count). The van der Waals surface area contributed by atoms with Crippen LogP contribution >= 0.6 is 11.6 Å². The van der Waals surface area contributed by atoms with Gasteiger partial charge in [0.2, 0.25) is 0 Å². The summed E-state index contributed by atoms with van der Waals surface area (Å²) in [6.45, 7) is 4.11. The summed E-state index contributed by atoms with van der Waals surface area (Å²) in [5, 5.41) is 11.1.